The van der Waals surface area contributed by atoms with Crippen LogP contribution in [0.5, 0.6) is 0 Å². The Balaban J connectivity index is 4.63. The number of carboxylic acid groups (broad SMARTS) is 4. The van der Waals surface area contributed by atoms with Crippen LogP contribution in [0.25, 0.3) is 0 Å². The van der Waals surface area contributed by atoms with Crippen LogP contribution in [0.3, 0.4) is 0 Å². The van der Waals surface area contributed by atoms with Gasteiger partial charge in [-0.3, -0.25) is 52.7 Å². The molecule has 0 unspecified atom stereocenters. The van der Waals surface area contributed by atoms with Crippen LogP contribution in [0.15, 0.2) is 0 Å². The summed E-state index contributed by atoms with van der Waals surface area (Å²) in [6.07, 6.45) is 24.8. The van der Waals surface area contributed by atoms with E-state index in [0.29, 0.717) is 32.8 Å². The van der Waals surface area contributed by atoms with E-state index < -0.39 is 127 Å². The number of carboxylic acids is 4. The van der Waals surface area contributed by atoms with Crippen molar-refractivity contribution in [2.75, 3.05) is 152 Å². The lowest BCUT2D eigenvalue weighted by Gasteiger charge is -2.23. The van der Waals surface area contributed by atoms with E-state index in [4.69, 9.17) is 48.4 Å². The maximum absolute atomic E-state index is 13.7. The molecule has 15 N–H and O–H groups in total. The molecule has 0 aliphatic heterocycles. The summed E-state index contributed by atoms with van der Waals surface area (Å²) in [5, 5.41) is 60.1. The maximum atomic E-state index is 13.7. The van der Waals surface area contributed by atoms with Gasteiger partial charge < -0.3 is 117 Å². The first kappa shape index (κ1) is 102. The van der Waals surface area contributed by atoms with Crippen molar-refractivity contribution in [2.24, 2.45) is 5.73 Å². The number of ether oxygens (including phenoxy) is 9. The van der Waals surface area contributed by atoms with Crippen LogP contribution >= 0.6 is 0 Å². The first-order valence-corrected chi connectivity index (χ1v) is 39.0. The van der Waals surface area contributed by atoms with Gasteiger partial charge in [0.15, 0.2) is 0 Å². The highest BCUT2D eigenvalue weighted by atomic mass is 16.6. The van der Waals surface area contributed by atoms with Crippen molar-refractivity contribution in [2.45, 2.75) is 237 Å². The summed E-state index contributed by atoms with van der Waals surface area (Å²) < 4.78 is 48.1. The number of aliphatic carboxylic acids is 4. The average Bonchev–Trinajstić information content (AvgIpc) is 0.871. The zero-order chi connectivity index (χ0) is 80.6. The van der Waals surface area contributed by atoms with Crippen LogP contribution in [0, 0.1) is 0 Å². The molecule has 0 rings (SSSR count). The van der Waals surface area contributed by atoms with Crippen molar-refractivity contribution < 1.29 is 125 Å². The lowest BCUT2D eigenvalue weighted by molar-refractivity contribution is -0.147. The Labute approximate surface area is 642 Å². The monoisotopic (exact) mass is 1560 g/mol. The van der Waals surface area contributed by atoms with E-state index >= 15 is 0 Å². The molecule has 0 aromatic carbocycles. The van der Waals surface area contributed by atoms with Gasteiger partial charge in [-0.05, 0) is 25.7 Å². The molecule has 9 amide bonds. The minimum atomic E-state index is -2.25. The minimum absolute atomic E-state index is 0.0107. The molecule has 0 saturated carbocycles. The number of hydrogen-bond acceptors (Lipinski definition) is 23. The first-order valence-electron chi connectivity index (χ1n) is 39.0. The predicted octanol–water partition coefficient (Wildman–Crippen LogP) is 2.06. The molecule has 0 saturated heterocycles. The Bertz CT molecular complexity index is 2490. The zero-order valence-corrected chi connectivity index (χ0v) is 64.7. The topological polar surface area (TPSA) is 520 Å². The number of unbranched alkanes of at least 4 members (excludes halogenated alkanes) is 22. The third-order valence-corrected chi connectivity index (χ3v) is 16.4. The van der Waals surface area contributed by atoms with Gasteiger partial charge in [0.25, 0.3) is 5.91 Å². The molecule has 0 aliphatic carbocycles. The minimum Gasteiger partial charge on any atom is -0.481 e. The molecule has 0 spiro atoms. The van der Waals surface area contributed by atoms with E-state index in [0.717, 1.165) is 57.8 Å². The number of amides is 9. The molecule has 0 aromatic heterocycles. The van der Waals surface area contributed by atoms with Crippen molar-refractivity contribution in [1.29, 1.82) is 0 Å². The normalized spacial score (nSPS) is 12.5. The average molecular weight is 1570 g/mol. The quantitative estimate of drug-likeness (QED) is 0.0306. The van der Waals surface area contributed by atoms with E-state index in [9.17, 15) is 82.8 Å². The van der Waals surface area contributed by atoms with E-state index in [1.807, 2.05) is 5.32 Å². The van der Waals surface area contributed by atoms with Crippen molar-refractivity contribution in [3.63, 3.8) is 0 Å². The Morgan fingerprint density at radius 2 is 0.587 bits per heavy atom. The van der Waals surface area contributed by atoms with E-state index in [1.54, 1.807) is 0 Å². The molecule has 0 fully saturated rings. The van der Waals surface area contributed by atoms with Gasteiger partial charge in [0.2, 0.25) is 53.3 Å². The van der Waals surface area contributed by atoms with Crippen molar-refractivity contribution in [3.8, 4) is 0 Å². The fraction of sp³-hybridized carbons (Fsp3) is 0.822. The maximum Gasteiger partial charge on any atom is 0.336 e. The number of rotatable bonds is 79. The molecule has 36 heteroatoms. The molecule has 0 aromatic rings. The second-order valence-corrected chi connectivity index (χ2v) is 26.0. The van der Waals surface area contributed by atoms with Gasteiger partial charge in [-0.25, -0.2) is 9.59 Å². The third kappa shape index (κ3) is 64.1. The highest BCUT2D eigenvalue weighted by Crippen LogP contribution is 2.14. The number of carbonyl (C=O) groups is 13. The van der Waals surface area contributed by atoms with Gasteiger partial charge in [-0.15, -0.1) is 0 Å². The van der Waals surface area contributed by atoms with Gasteiger partial charge in [0.05, 0.1) is 112 Å². The zero-order valence-electron chi connectivity index (χ0n) is 64.7. The number of carbonyl (C=O) groups excluding carboxylic acids is 9. The summed E-state index contributed by atoms with van der Waals surface area (Å²) in [7, 11) is 0. The second-order valence-electron chi connectivity index (χ2n) is 26.0. The summed E-state index contributed by atoms with van der Waals surface area (Å²) in [5.41, 5.74) is 5.39. The van der Waals surface area contributed by atoms with E-state index in [2.05, 4.69) is 56.4 Å². The molecule has 630 valence electrons. The molecular formula is C73H132N10O26. The summed E-state index contributed by atoms with van der Waals surface area (Å²) in [4.78, 5) is 164. The molecular weight excluding hydrogens is 1430 g/mol. The fourth-order valence-electron chi connectivity index (χ4n) is 10.5. The summed E-state index contributed by atoms with van der Waals surface area (Å²) in [5.74, 6) is -13.9. The molecule has 0 bridgehead atoms. The standard InChI is InChI=1S/C73H132N10O26/c1-3-5-7-9-11-13-15-17-19-21-23-25-32-75-60(84)29-27-56(79-63(87)54-108-49-46-104-42-39-101-36-31-74)68(93)82-59(52-66(91)92)70(95)83-67(73(99)100)71(96)78-35-38-103-41-44-105-45-48-107-53-62(86)77-34-37-102-40-43-106-47-50-109-55-64(88)80-58(51-65(89)90)69(94)81-57(72(97)98)28-30-61(85)76-33-26-24-22-20-18-16-14-12-10-8-6-4-2/h56-59,67H,3-55,74H2,1-2H3,(H,75,84)(H,76,85)(H,77,86)(H,78,96)(H,79,87)(H,80,88)(H,81,94)(H,82,93)(H,83,95)(H,89,90)(H,91,92)(H,97,98)(H,99,100)/t56-,57-,58-,59-,67+/m0/s1. The fourth-order valence-corrected chi connectivity index (χ4v) is 10.5. The van der Waals surface area contributed by atoms with Crippen LogP contribution in [0.1, 0.15) is 206 Å². The van der Waals surface area contributed by atoms with Crippen LogP contribution in [0.2, 0.25) is 0 Å². The number of nitrogens with one attached hydrogen (secondary N) is 9. The van der Waals surface area contributed by atoms with Crippen molar-refractivity contribution in [3.05, 3.63) is 0 Å². The number of nitrogens with two attached hydrogens (primary N) is 1. The van der Waals surface area contributed by atoms with Gasteiger partial charge in [0, 0.05) is 45.6 Å². The Kier molecular flexibility index (Phi) is 67.4. The highest BCUT2D eigenvalue weighted by Gasteiger charge is 2.35. The Morgan fingerprint density at radius 1 is 0.284 bits per heavy atom. The van der Waals surface area contributed by atoms with Crippen molar-refractivity contribution in [1.82, 2.24) is 47.9 Å². The van der Waals surface area contributed by atoms with Crippen LogP contribution in [-0.4, -0.2) is 279 Å². The first-order chi connectivity index (χ1) is 52.6. The molecule has 5 atom stereocenters. The smallest absolute Gasteiger partial charge is 0.336 e. The summed E-state index contributed by atoms with van der Waals surface area (Å²) in [6, 6.07) is -8.84. The molecule has 0 aliphatic rings. The Morgan fingerprint density at radius 3 is 0.972 bits per heavy atom. The van der Waals surface area contributed by atoms with Gasteiger partial charge >= 0.3 is 23.9 Å². The molecule has 0 radical (unpaired) electrons. The molecule has 36 nitrogen and oxygen atoms in total. The van der Waals surface area contributed by atoms with E-state index in [1.165, 1.54) is 96.3 Å². The lowest BCUT2D eigenvalue weighted by atomic mass is 10.1. The SMILES string of the molecule is CCCCCCCCCCCCCCNC(=O)CC[C@H](NC(=O)[C@H](CC(=O)O)NC(=O)COCCOCCOCCNC(=O)COCCOCCOCCNC(=O)[C@@H](NC(=O)[C@H](CC(=O)O)NC(=O)[C@H](CCC(=O)NCCCCCCCCCCCCCC)NC(=O)COCCOCCOCCN)C(=O)O)C(=O)O. The predicted molar refractivity (Wildman–Crippen MR) is 399 cm³/mol. The molecule has 0 heterocycles. The third-order valence-electron chi connectivity index (χ3n) is 16.4. The molecule has 109 heavy (non-hydrogen) atoms. The van der Waals surface area contributed by atoms with Crippen LogP contribution in [-0.2, 0) is 105 Å². The van der Waals surface area contributed by atoms with E-state index in [-0.39, 0.29) is 137 Å². The highest BCUT2D eigenvalue weighted by molar-refractivity contribution is 6.05. The largest absolute Gasteiger partial charge is 0.481 e. The van der Waals surface area contributed by atoms with Crippen LogP contribution in [0.4, 0.5) is 0 Å². The van der Waals surface area contributed by atoms with Crippen LogP contribution < -0.4 is 53.6 Å². The lowest BCUT2D eigenvalue weighted by Crippen LogP contribution is -2.59. The Hall–Kier alpha value is -7.29. The number of hydrogen-bond donors (Lipinski definition) is 14. The second kappa shape index (κ2) is 72.3. The van der Waals surface area contributed by atoms with Crippen molar-refractivity contribution >= 4 is 77.0 Å². The van der Waals surface area contributed by atoms with Gasteiger partial charge in [0.1, 0.15) is 44.0 Å². The van der Waals surface area contributed by atoms with Gasteiger partial charge in [-0.2, -0.15) is 0 Å². The summed E-state index contributed by atoms with van der Waals surface area (Å²) >= 11 is 0. The summed E-state index contributed by atoms with van der Waals surface area (Å²) in [6.45, 7) is 5.56. The van der Waals surface area contributed by atoms with Gasteiger partial charge in [-0.1, -0.05) is 155 Å².